The van der Waals surface area contributed by atoms with Gasteiger partial charge in [0.05, 0.1) is 6.61 Å². The molecule has 0 radical (unpaired) electrons. The minimum Gasteiger partial charge on any atom is -0.484 e. The molecular formula is C21H18BrNO5. The van der Waals surface area contributed by atoms with E-state index in [2.05, 4.69) is 21.2 Å². The molecule has 144 valence electrons. The Morgan fingerprint density at radius 3 is 2.50 bits per heavy atom. The smallest absolute Gasteiger partial charge is 0.328 e. The van der Waals surface area contributed by atoms with Gasteiger partial charge in [0.1, 0.15) is 11.8 Å². The van der Waals surface area contributed by atoms with Crippen molar-refractivity contribution in [1.82, 2.24) is 5.32 Å². The van der Waals surface area contributed by atoms with E-state index in [9.17, 15) is 14.4 Å². The Hall–Kier alpha value is -2.93. The highest BCUT2D eigenvalue weighted by Crippen LogP contribution is 2.15. The highest BCUT2D eigenvalue weighted by atomic mass is 79.9. The summed E-state index contributed by atoms with van der Waals surface area (Å²) in [7, 11) is 0. The van der Waals surface area contributed by atoms with Crippen LogP contribution < -0.4 is 10.1 Å². The number of halogens is 1. The number of esters is 1. The molecule has 28 heavy (non-hydrogen) atoms. The minimum absolute atomic E-state index is 0.132. The normalized spacial score (nSPS) is 16.0. The van der Waals surface area contributed by atoms with E-state index in [1.54, 1.807) is 30.3 Å². The van der Waals surface area contributed by atoms with Crippen LogP contribution in [0.4, 0.5) is 0 Å². The maximum absolute atomic E-state index is 12.2. The Morgan fingerprint density at radius 2 is 1.86 bits per heavy atom. The van der Waals surface area contributed by atoms with Crippen molar-refractivity contribution in [3.05, 3.63) is 70.2 Å². The fourth-order valence-electron chi connectivity index (χ4n) is 2.57. The van der Waals surface area contributed by atoms with Gasteiger partial charge in [0.2, 0.25) is 0 Å². The Bertz CT molecular complexity index is 890. The van der Waals surface area contributed by atoms with Crippen LogP contribution in [0.25, 0.3) is 6.08 Å². The number of ketones is 1. The zero-order valence-corrected chi connectivity index (χ0v) is 16.5. The van der Waals surface area contributed by atoms with Crippen molar-refractivity contribution >= 4 is 39.7 Å². The number of allylic oxidation sites excluding steroid dienone is 1. The first-order valence-corrected chi connectivity index (χ1v) is 9.47. The average molecular weight is 444 g/mol. The summed E-state index contributed by atoms with van der Waals surface area (Å²) in [5, 5.41) is 2.56. The van der Waals surface area contributed by atoms with E-state index in [1.807, 2.05) is 24.3 Å². The largest absolute Gasteiger partial charge is 0.484 e. The van der Waals surface area contributed by atoms with Gasteiger partial charge in [-0.3, -0.25) is 9.59 Å². The molecule has 0 bridgehead atoms. The van der Waals surface area contributed by atoms with E-state index in [0.29, 0.717) is 24.3 Å². The second-order valence-corrected chi connectivity index (χ2v) is 7.05. The topological polar surface area (TPSA) is 81.7 Å². The van der Waals surface area contributed by atoms with E-state index in [4.69, 9.17) is 9.47 Å². The lowest BCUT2D eigenvalue weighted by atomic mass is 10.1. The molecule has 3 rings (SSSR count). The van der Waals surface area contributed by atoms with Crippen LogP contribution in [0.2, 0.25) is 0 Å². The number of amides is 1. The van der Waals surface area contributed by atoms with Gasteiger partial charge in [-0.15, -0.1) is 0 Å². The molecule has 0 unspecified atom stereocenters. The number of carbonyl (C=O) groups excluding carboxylic acids is 3. The number of hydrogen-bond donors (Lipinski definition) is 1. The molecule has 1 amide bonds. The predicted octanol–water partition coefficient (Wildman–Crippen LogP) is 3.16. The van der Waals surface area contributed by atoms with Crippen LogP contribution in [0.15, 0.2) is 59.1 Å². The number of nitrogens with one attached hydrogen (secondary N) is 1. The molecule has 0 aromatic heterocycles. The molecule has 1 N–H and O–H groups in total. The summed E-state index contributed by atoms with van der Waals surface area (Å²) in [5.74, 6) is -0.501. The van der Waals surface area contributed by atoms with Crippen molar-refractivity contribution in [3.63, 3.8) is 0 Å². The molecule has 1 aliphatic heterocycles. The van der Waals surface area contributed by atoms with Crippen molar-refractivity contribution in [2.24, 2.45) is 0 Å². The molecule has 1 aliphatic rings. The average Bonchev–Trinajstić information content (AvgIpc) is 3.10. The first-order valence-electron chi connectivity index (χ1n) is 8.68. The summed E-state index contributed by atoms with van der Waals surface area (Å²) in [4.78, 5) is 35.4. The SMILES string of the molecule is O=C(COc1ccc(C(=O)/C=C/c2ccc(Br)cc2)cc1)N[C@H]1CCOC1=O. The molecule has 0 spiro atoms. The Balaban J connectivity index is 1.50. The van der Waals surface area contributed by atoms with Gasteiger partial charge in [0.25, 0.3) is 5.91 Å². The second-order valence-electron chi connectivity index (χ2n) is 6.14. The van der Waals surface area contributed by atoms with Crippen LogP contribution in [-0.4, -0.2) is 36.9 Å². The standard InChI is InChI=1S/C21H18BrNO5/c22-16-6-1-14(2-7-16)3-10-19(24)15-4-8-17(9-5-15)28-13-20(25)23-18-11-12-27-21(18)26/h1-10,18H,11-13H2,(H,23,25)/b10-3+/t18-/m0/s1. The van der Waals surface area contributed by atoms with E-state index < -0.39 is 17.9 Å². The number of carbonyl (C=O) groups is 3. The van der Waals surface area contributed by atoms with Crippen LogP contribution in [0.1, 0.15) is 22.3 Å². The molecule has 7 heteroatoms. The van der Waals surface area contributed by atoms with Crippen LogP contribution in [0.3, 0.4) is 0 Å². The van der Waals surface area contributed by atoms with Crippen molar-refractivity contribution in [3.8, 4) is 5.75 Å². The monoisotopic (exact) mass is 443 g/mol. The number of rotatable bonds is 7. The number of hydrogen-bond acceptors (Lipinski definition) is 5. The summed E-state index contributed by atoms with van der Waals surface area (Å²) in [6.45, 7) is 0.0942. The van der Waals surface area contributed by atoms with Gasteiger partial charge in [-0.2, -0.15) is 0 Å². The zero-order chi connectivity index (χ0) is 19.9. The third-order valence-electron chi connectivity index (χ3n) is 4.08. The molecule has 1 heterocycles. The number of benzene rings is 2. The van der Waals surface area contributed by atoms with E-state index in [0.717, 1.165) is 10.0 Å². The Labute approximate surface area is 170 Å². The lowest BCUT2D eigenvalue weighted by Gasteiger charge is -2.10. The molecule has 1 saturated heterocycles. The highest BCUT2D eigenvalue weighted by molar-refractivity contribution is 9.10. The molecule has 2 aromatic carbocycles. The quantitative estimate of drug-likeness (QED) is 0.403. The van der Waals surface area contributed by atoms with E-state index in [-0.39, 0.29) is 12.4 Å². The summed E-state index contributed by atoms with van der Waals surface area (Å²) < 4.78 is 11.1. The van der Waals surface area contributed by atoms with Crippen LogP contribution in [0.5, 0.6) is 5.75 Å². The third kappa shape index (κ3) is 5.53. The number of cyclic esters (lactones) is 1. The van der Waals surface area contributed by atoms with Crippen molar-refractivity contribution < 1.29 is 23.9 Å². The summed E-state index contributed by atoms with van der Waals surface area (Å²) in [6, 6.07) is 13.5. The van der Waals surface area contributed by atoms with Gasteiger partial charge >= 0.3 is 5.97 Å². The van der Waals surface area contributed by atoms with Gasteiger partial charge in [0, 0.05) is 16.5 Å². The van der Waals surface area contributed by atoms with E-state index in [1.165, 1.54) is 6.08 Å². The first-order chi connectivity index (χ1) is 13.5. The zero-order valence-electron chi connectivity index (χ0n) is 14.9. The van der Waals surface area contributed by atoms with Crippen molar-refractivity contribution in [1.29, 1.82) is 0 Å². The van der Waals surface area contributed by atoms with Gasteiger partial charge in [-0.05, 0) is 48.0 Å². The highest BCUT2D eigenvalue weighted by Gasteiger charge is 2.27. The number of ether oxygens (including phenoxy) is 2. The van der Waals surface area contributed by atoms with Crippen LogP contribution in [0, 0.1) is 0 Å². The molecule has 2 aromatic rings. The lowest BCUT2D eigenvalue weighted by molar-refractivity contribution is -0.141. The summed E-state index contributed by atoms with van der Waals surface area (Å²) >= 11 is 3.37. The maximum Gasteiger partial charge on any atom is 0.328 e. The Kier molecular flexibility index (Phi) is 6.60. The molecule has 0 saturated carbocycles. The lowest BCUT2D eigenvalue weighted by Crippen LogP contribution is -2.40. The second kappa shape index (κ2) is 9.32. The van der Waals surface area contributed by atoms with E-state index >= 15 is 0 Å². The van der Waals surface area contributed by atoms with Crippen molar-refractivity contribution in [2.45, 2.75) is 12.5 Å². The molecular weight excluding hydrogens is 426 g/mol. The fourth-order valence-corrected chi connectivity index (χ4v) is 2.83. The third-order valence-corrected chi connectivity index (χ3v) is 4.61. The summed E-state index contributed by atoms with van der Waals surface area (Å²) in [5.41, 5.74) is 1.44. The molecule has 1 atom stereocenters. The molecule has 1 fully saturated rings. The first kappa shape index (κ1) is 19.8. The minimum atomic E-state index is -0.603. The maximum atomic E-state index is 12.2. The molecule has 0 aliphatic carbocycles. The molecule has 6 nitrogen and oxygen atoms in total. The van der Waals surface area contributed by atoms with Crippen molar-refractivity contribution in [2.75, 3.05) is 13.2 Å². The van der Waals surface area contributed by atoms with Gasteiger partial charge in [-0.1, -0.05) is 34.1 Å². The fraction of sp³-hybridized carbons (Fsp3) is 0.190. The Morgan fingerprint density at radius 1 is 1.14 bits per heavy atom. The van der Waals surface area contributed by atoms with Crippen LogP contribution >= 0.6 is 15.9 Å². The van der Waals surface area contributed by atoms with Gasteiger partial charge in [0.15, 0.2) is 12.4 Å². The summed E-state index contributed by atoms with van der Waals surface area (Å²) in [6.07, 6.45) is 3.72. The van der Waals surface area contributed by atoms with Gasteiger partial charge < -0.3 is 14.8 Å². The van der Waals surface area contributed by atoms with Gasteiger partial charge in [-0.25, -0.2) is 4.79 Å². The van der Waals surface area contributed by atoms with Crippen LogP contribution in [-0.2, 0) is 14.3 Å². The predicted molar refractivity (Wildman–Crippen MR) is 107 cm³/mol.